The third kappa shape index (κ3) is 4.45. The summed E-state index contributed by atoms with van der Waals surface area (Å²) < 4.78 is 29.4. The lowest BCUT2D eigenvalue weighted by Gasteiger charge is -2.11. The molecule has 1 aliphatic carbocycles. The van der Waals surface area contributed by atoms with E-state index >= 15 is 0 Å². The first-order valence-corrected chi connectivity index (χ1v) is 10.2. The van der Waals surface area contributed by atoms with Crippen molar-refractivity contribution < 1.29 is 28.3 Å². The highest BCUT2D eigenvalue weighted by atomic mass is 19.1. The van der Waals surface area contributed by atoms with E-state index in [-0.39, 0.29) is 41.9 Å². The lowest BCUT2D eigenvalue weighted by atomic mass is 10.00. The summed E-state index contributed by atoms with van der Waals surface area (Å²) >= 11 is 0. The molecule has 0 spiro atoms. The Bertz CT molecular complexity index is 1240. The van der Waals surface area contributed by atoms with Gasteiger partial charge < -0.3 is 24.4 Å². The topological polar surface area (TPSA) is 93.8 Å². The van der Waals surface area contributed by atoms with Gasteiger partial charge in [0.1, 0.15) is 17.8 Å². The zero-order valence-electron chi connectivity index (χ0n) is 18.4. The fourth-order valence-corrected chi connectivity index (χ4v) is 3.89. The highest BCUT2D eigenvalue weighted by Crippen LogP contribution is 2.45. The Morgan fingerprint density at radius 2 is 1.88 bits per heavy atom. The maximum Gasteiger partial charge on any atom is 0.224 e. The van der Waals surface area contributed by atoms with Gasteiger partial charge in [-0.2, -0.15) is 0 Å². The molecule has 4 rings (SSSR count). The minimum atomic E-state index is -0.378. The average molecular weight is 450 g/mol. The van der Waals surface area contributed by atoms with Gasteiger partial charge in [-0.1, -0.05) is 11.2 Å². The van der Waals surface area contributed by atoms with E-state index in [0.29, 0.717) is 11.3 Å². The summed E-state index contributed by atoms with van der Waals surface area (Å²) in [5, 5.41) is 16.8. The van der Waals surface area contributed by atoms with Gasteiger partial charge >= 0.3 is 0 Å². The number of fused-ring (bicyclic) bond motifs is 1. The van der Waals surface area contributed by atoms with Crippen molar-refractivity contribution in [3.8, 4) is 17.2 Å². The van der Waals surface area contributed by atoms with Gasteiger partial charge in [-0.05, 0) is 70.7 Å². The highest BCUT2D eigenvalue weighted by molar-refractivity contribution is 6.08. The number of ether oxygens (including phenoxy) is 2. The lowest BCUT2D eigenvalue weighted by Crippen LogP contribution is -2.22. The molecule has 0 radical (unpaired) electrons. The largest absolute Gasteiger partial charge is 0.502 e. The van der Waals surface area contributed by atoms with Crippen molar-refractivity contribution in [1.29, 1.82) is 0 Å². The molecule has 0 saturated carbocycles. The number of methoxy groups -OCH3 is 2. The number of amides is 1. The van der Waals surface area contributed by atoms with Gasteiger partial charge in [0.25, 0.3) is 0 Å². The average Bonchev–Trinajstić information content (AvgIpc) is 3.41. The van der Waals surface area contributed by atoms with Crippen LogP contribution >= 0.6 is 0 Å². The quantitative estimate of drug-likeness (QED) is 0.548. The van der Waals surface area contributed by atoms with E-state index < -0.39 is 0 Å². The van der Waals surface area contributed by atoms with Crippen LogP contribution in [-0.4, -0.2) is 30.4 Å². The number of phenolic OH excluding ortho intramolecular Hbond substituents is 1. The van der Waals surface area contributed by atoms with Gasteiger partial charge in [0.2, 0.25) is 11.7 Å². The molecule has 1 amide bonds. The monoisotopic (exact) mass is 450 g/mol. The number of hydrogen-bond donors (Lipinski definition) is 2. The minimum Gasteiger partial charge on any atom is -0.502 e. The van der Waals surface area contributed by atoms with Crippen molar-refractivity contribution in [1.82, 2.24) is 10.5 Å². The Morgan fingerprint density at radius 1 is 1.15 bits per heavy atom. The molecule has 0 aliphatic heterocycles. The number of halogens is 1. The summed E-state index contributed by atoms with van der Waals surface area (Å²) in [5.74, 6) is -0.138. The molecule has 33 heavy (non-hydrogen) atoms. The summed E-state index contributed by atoms with van der Waals surface area (Å²) in [6.45, 7) is 2.15. The number of carbonyl (C=O) groups is 1. The molecule has 1 aromatic heterocycles. The number of allylic oxidation sites excluding steroid dienone is 2. The molecule has 0 unspecified atom stereocenters. The summed E-state index contributed by atoms with van der Waals surface area (Å²) in [7, 11) is 2.92. The van der Waals surface area contributed by atoms with Crippen LogP contribution in [0, 0.1) is 5.82 Å². The van der Waals surface area contributed by atoms with Crippen molar-refractivity contribution in [2.75, 3.05) is 14.2 Å². The van der Waals surface area contributed by atoms with Crippen molar-refractivity contribution >= 4 is 23.1 Å². The molecular weight excluding hydrogens is 427 g/mol. The number of carbonyl (C=O) groups excluding carboxylic acids is 1. The van der Waals surface area contributed by atoms with Crippen LogP contribution in [0.1, 0.15) is 35.7 Å². The van der Waals surface area contributed by atoms with Crippen LogP contribution < -0.4 is 14.8 Å². The number of nitrogens with one attached hydrogen (secondary N) is 1. The van der Waals surface area contributed by atoms with Crippen molar-refractivity contribution in [2.45, 2.75) is 19.9 Å². The van der Waals surface area contributed by atoms with Crippen molar-refractivity contribution in [3.05, 3.63) is 76.4 Å². The molecular formula is C25H23FN2O5. The summed E-state index contributed by atoms with van der Waals surface area (Å²) in [6.07, 6.45) is 3.42. The SMILES string of the molecule is COc1cc(/C=C2/C(C)=C(CC(=O)NCc3ccon3)c3cc(F)ccc32)cc(OC)c1O. The number of rotatable bonds is 7. The van der Waals surface area contributed by atoms with Gasteiger partial charge in [0, 0.05) is 6.07 Å². The van der Waals surface area contributed by atoms with Crippen LogP contribution in [0.4, 0.5) is 4.39 Å². The fourth-order valence-electron chi connectivity index (χ4n) is 3.89. The van der Waals surface area contributed by atoms with E-state index in [9.17, 15) is 14.3 Å². The molecule has 0 bridgehead atoms. The van der Waals surface area contributed by atoms with Gasteiger partial charge in [-0.3, -0.25) is 4.79 Å². The molecule has 0 atom stereocenters. The third-order valence-electron chi connectivity index (χ3n) is 5.56. The number of nitrogens with zero attached hydrogens (tertiary/aromatic N) is 1. The molecule has 1 aliphatic rings. The third-order valence-corrected chi connectivity index (χ3v) is 5.56. The number of hydrogen-bond acceptors (Lipinski definition) is 6. The normalized spacial score (nSPS) is 13.9. The second-order valence-electron chi connectivity index (χ2n) is 7.57. The standard InChI is InChI=1S/C25H23FN2O5/c1-14-19(8-15-9-22(31-2)25(30)23(10-15)32-3)18-5-4-16(26)11-21(18)20(14)12-24(29)27-13-17-6-7-33-28-17/h4-11,30H,12-13H2,1-3H3,(H,27,29)/b19-8-. The Morgan fingerprint density at radius 3 is 2.52 bits per heavy atom. The van der Waals surface area contributed by atoms with Gasteiger partial charge in [-0.25, -0.2) is 4.39 Å². The van der Waals surface area contributed by atoms with Gasteiger partial charge in [0.05, 0.1) is 27.2 Å². The molecule has 0 fully saturated rings. The van der Waals surface area contributed by atoms with E-state index in [4.69, 9.17) is 14.0 Å². The Kier molecular flexibility index (Phi) is 6.17. The number of phenols is 1. The Balaban J connectivity index is 1.70. The van der Waals surface area contributed by atoms with Crippen LogP contribution in [0.3, 0.4) is 0 Å². The first-order valence-electron chi connectivity index (χ1n) is 10.2. The number of aromatic nitrogens is 1. The van der Waals surface area contributed by atoms with Gasteiger partial charge in [-0.15, -0.1) is 0 Å². The maximum atomic E-state index is 14.1. The molecule has 2 N–H and O–H groups in total. The molecule has 2 aromatic carbocycles. The minimum absolute atomic E-state index is 0.0830. The predicted octanol–water partition coefficient (Wildman–Crippen LogP) is 4.57. The van der Waals surface area contributed by atoms with Crippen molar-refractivity contribution in [2.24, 2.45) is 0 Å². The molecule has 8 heteroatoms. The Hall–Kier alpha value is -4.07. The Labute approximate surface area is 190 Å². The summed E-state index contributed by atoms with van der Waals surface area (Å²) in [6, 6.07) is 9.58. The van der Waals surface area contributed by atoms with Crippen LogP contribution in [0.2, 0.25) is 0 Å². The molecule has 0 saturated heterocycles. The molecule has 3 aromatic rings. The molecule has 170 valence electrons. The van der Waals surface area contributed by atoms with E-state index in [1.807, 2.05) is 13.0 Å². The smallest absolute Gasteiger partial charge is 0.224 e. The van der Waals surface area contributed by atoms with E-state index in [0.717, 1.165) is 27.8 Å². The van der Waals surface area contributed by atoms with Crippen LogP contribution in [-0.2, 0) is 11.3 Å². The van der Waals surface area contributed by atoms with E-state index in [1.165, 1.54) is 32.6 Å². The maximum absolute atomic E-state index is 14.1. The van der Waals surface area contributed by atoms with Crippen LogP contribution in [0.5, 0.6) is 17.2 Å². The van der Waals surface area contributed by atoms with E-state index in [1.54, 1.807) is 24.3 Å². The van der Waals surface area contributed by atoms with E-state index in [2.05, 4.69) is 10.5 Å². The second kappa shape index (κ2) is 9.20. The lowest BCUT2D eigenvalue weighted by molar-refractivity contribution is -0.120. The zero-order chi connectivity index (χ0) is 23.5. The molecule has 7 nitrogen and oxygen atoms in total. The summed E-state index contributed by atoms with van der Waals surface area (Å²) in [5.41, 5.74) is 5.28. The highest BCUT2D eigenvalue weighted by Gasteiger charge is 2.26. The number of benzene rings is 2. The van der Waals surface area contributed by atoms with Gasteiger partial charge in [0.15, 0.2) is 11.5 Å². The number of aromatic hydroxyl groups is 1. The summed E-state index contributed by atoms with van der Waals surface area (Å²) in [4.78, 5) is 12.6. The predicted molar refractivity (Wildman–Crippen MR) is 121 cm³/mol. The first-order chi connectivity index (χ1) is 15.9. The first kappa shape index (κ1) is 22.1. The fraction of sp³-hybridized carbons (Fsp3) is 0.200. The second-order valence-corrected chi connectivity index (χ2v) is 7.57. The van der Waals surface area contributed by atoms with Crippen LogP contribution in [0.25, 0.3) is 17.2 Å². The zero-order valence-corrected chi connectivity index (χ0v) is 18.4. The molecule has 1 heterocycles. The van der Waals surface area contributed by atoms with Crippen molar-refractivity contribution in [3.63, 3.8) is 0 Å². The van der Waals surface area contributed by atoms with Crippen LogP contribution in [0.15, 0.2) is 52.8 Å².